The highest BCUT2D eigenvalue weighted by Gasteiger charge is 2.35. The summed E-state index contributed by atoms with van der Waals surface area (Å²) in [6.45, 7) is 3.03. The number of benzene rings is 3. The maximum Gasteiger partial charge on any atom is 0.303 e. The van der Waals surface area contributed by atoms with Crippen LogP contribution in [0.15, 0.2) is 59.5 Å². The molecule has 0 unspecified atom stereocenters. The van der Waals surface area contributed by atoms with Crippen molar-refractivity contribution in [3.63, 3.8) is 0 Å². The highest BCUT2D eigenvalue weighted by Crippen LogP contribution is 2.39. The SMILES string of the molecule is C/C(=C\c1ccc2c(c1)N(S(=O)(=O)c1ccc(F)c(C)c1)C[C@H](CCC(=O)O)O2)c1c(F)cccc1Cl. The lowest BCUT2D eigenvalue weighted by Gasteiger charge is -2.35. The van der Waals surface area contributed by atoms with E-state index in [1.54, 1.807) is 37.3 Å². The molecule has 0 aromatic heterocycles. The lowest BCUT2D eigenvalue weighted by atomic mass is 10.0. The van der Waals surface area contributed by atoms with Crippen molar-refractivity contribution in [1.29, 1.82) is 0 Å². The Balaban J connectivity index is 1.79. The third-order valence-electron chi connectivity index (χ3n) is 6.05. The summed E-state index contributed by atoms with van der Waals surface area (Å²) in [7, 11) is -4.16. The number of fused-ring (bicyclic) bond motifs is 1. The van der Waals surface area contributed by atoms with Crippen LogP contribution in [0.2, 0.25) is 5.02 Å². The van der Waals surface area contributed by atoms with Crippen LogP contribution in [0.1, 0.15) is 36.5 Å². The van der Waals surface area contributed by atoms with Crippen molar-refractivity contribution in [2.45, 2.75) is 37.7 Å². The summed E-state index contributed by atoms with van der Waals surface area (Å²) in [5, 5.41) is 9.33. The van der Waals surface area contributed by atoms with E-state index in [1.165, 1.54) is 31.2 Å². The average molecular weight is 548 g/mol. The molecule has 0 fully saturated rings. The van der Waals surface area contributed by atoms with Gasteiger partial charge < -0.3 is 9.84 Å². The highest BCUT2D eigenvalue weighted by molar-refractivity contribution is 7.92. The first kappa shape index (κ1) is 26.6. The molecule has 0 radical (unpaired) electrons. The molecular weight excluding hydrogens is 524 g/mol. The fourth-order valence-electron chi connectivity index (χ4n) is 4.18. The summed E-state index contributed by atoms with van der Waals surface area (Å²) in [5.41, 5.74) is 1.74. The van der Waals surface area contributed by atoms with Crippen LogP contribution >= 0.6 is 11.6 Å². The van der Waals surface area contributed by atoms with E-state index < -0.39 is 33.7 Å². The Morgan fingerprint density at radius 1 is 1.16 bits per heavy atom. The second-order valence-electron chi connectivity index (χ2n) is 8.77. The van der Waals surface area contributed by atoms with Gasteiger partial charge in [-0.1, -0.05) is 29.8 Å². The summed E-state index contributed by atoms with van der Waals surface area (Å²) >= 11 is 6.19. The van der Waals surface area contributed by atoms with Crippen LogP contribution in [0.3, 0.4) is 0 Å². The second kappa shape index (κ2) is 10.5. The number of allylic oxidation sites excluding steroid dienone is 1. The molecule has 1 heterocycles. The fraction of sp³-hybridized carbons (Fsp3) is 0.222. The molecular formula is C27H24ClF2NO5S. The summed E-state index contributed by atoms with van der Waals surface area (Å²) in [6, 6.07) is 12.8. The van der Waals surface area contributed by atoms with E-state index in [1.807, 2.05) is 0 Å². The van der Waals surface area contributed by atoms with Gasteiger partial charge in [-0.05, 0) is 79.4 Å². The minimum Gasteiger partial charge on any atom is -0.486 e. The van der Waals surface area contributed by atoms with Gasteiger partial charge >= 0.3 is 5.97 Å². The van der Waals surface area contributed by atoms with Crippen LogP contribution in [0.4, 0.5) is 14.5 Å². The molecule has 0 aliphatic carbocycles. The van der Waals surface area contributed by atoms with Crippen molar-refractivity contribution in [2.75, 3.05) is 10.8 Å². The van der Waals surface area contributed by atoms with E-state index in [-0.39, 0.29) is 51.9 Å². The molecule has 0 bridgehead atoms. The first-order chi connectivity index (χ1) is 17.5. The molecule has 1 aliphatic rings. The number of hydrogen-bond acceptors (Lipinski definition) is 4. The van der Waals surface area contributed by atoms with Crippen LogP contribution in [-0.4, -0.2) is 32.1 Å². The van der Waals surface area contributed by atoms with Crippen molar-refractivity contribution in [3.05, 3.63) is 87.9 Å². The highest BCUT2D eigenvalue weighted by atomic mass is 35.5. The van der Waals surface area contributed by atoms with Crippen LogP contribution < -0.4 is 9.04 Å². The number of aliphatic carboxylic acids is 1. The molecule has 1 N–H and O–H groups in total. The van der Waals surface area contributed by atoms with Gasteiger partial charge in [0.2, 0.25) is 0 Å². The molecule has 1 atom stereocenters. The molecule has 3 aromatic carbocycles. The van der Waals surface area contributed by atoms with Crippen molar-refractivity contribution < 1.29 is 31.8 Å². The Hall–Kier alpha value is -3.43. The number of aryl methyl sites for hydroxylation is 1. The number of carboxylic acid groups (broad SMARTS) is 1. The van der Waals surface area contributed by atoms with Gasteiger partial charge in [-0.3, -0.25) is 9.10 Å². The molecule has 0 spiro atoms. The summed E-state index contributed by atoms with van der Waals surface area (Å²) in [6.07, 6.45) is 0.858. The topological polar surface area (TPSA) is 83.9 Å². The summed E-state index contributed by atoms with van der Waals surface area (Å²) in [5.74, 6) is -1.79. The van der Waals surface area contributed by atoms with Gasteiger partial charge in [0.1, 0.15) is 23.5 Å². The molecule has 6 nitrogen and oxygen atoms in total. The normalized spacial score (nSPS) is 15.8. The van der Waals surface area contributed by atoms with Gasteiger partial charge in [-0.25, -0.2) is 17.2 Å². The number of nitrogens with zero attached hydrogens (tertiary/aromatic N) is 1. The Morgan fingerprint density at radius 2 is 1.92 bits per heavy atom. The quantitative estimate of drug-likeness (QED) is 0.350. The van der Waals surface area contributed by atoms with Crippen LogP contribution in [-0.2, 0) is 14.8 Å². The van der Waals surface area contributed by atoms with Gasteiger partial charge in [-0.2, -0.15) is 0 Å². The number of hydrogen-bond donors (Lipinski definition) is 1. The molecule has 37 heavy (non-hydrogen) atoms. The molecule has 1 aliphatic heterocycles. The van der Waals surface area contributed by atoms with Gasteiger partial charge in [0.15, 0.2) is 0 Å². The average Bonchev–Trinajstić information content (AvgIpc) is 2.83. The number of rotatable bonds is 7. The van der Waals surface area contributed by atoms with Gasteiger partial charge in [0.25, 0.3) is 10.0 Å². The molecule has 4 rings (SSSR count). The summed E-state index contributed by atoms with van der Waals surface area (Å²) in [4.78, 5) is 11.0. The van der Waals surface area contributed by atoms with Gasteiger partial charge in [0.05, 0.1) is 22.2 Å². The lowest BCUT2D eigenvalue weighted by Crippen LogP contribution is -2.43. The number of anilines is 1. The molecule has 194 valence electrons. The maximum absolute atomic E-state index is 14.4. The minimum atomic E-state index is -4.16. The zero-order valence-electron chi connectivity index (χ0n) is 20.0. The number of halogens is 3. The van der Waals surface area contributed by atoms with Crippen LogP contribution in [0, 0.1) is 18.6 Å². The van der Waals surface area contributed by atoms with E-state index in [9.17, 15) is 22.0 Å². The third-order valence-corrected chi connectivity index (χ3v) is 8.14. The second-order valence-corrected chi connectivity index (χ2v) is 11.0. The predicted octanol–water partition coefficient (Wildman–Crippen LogP) is 6.31. The number of carboxylic acids is 1. The zero-order valence-corrected chi connectivity index (χ0v) is 21.6. The molecule has 0 saturated heterocycles. The fourth-order valence-corrected chi connectivity index (χ4v) is 6.08. The Labute approximate surface area is 218 Å². The van der Waals surface area contributed by atoms with Gasteiger partial charge in [-0.15, -0.1) is 0 Å². The van der Waals surface area contributed by atoms with E-state index in [0.717, 1.165) is 10.4 Å². The largest absolute Gasteiger partial charge is 0.486 e. The number of ether oxygens (including phenoxy) is 1. The Kier molecular flexibility index (Phi) is 7.57. The van der Waals surface area contributed by atoms with Crippen molar-refractivity contribution >= 4 is 44.9 Å². The Morgan fingerprint density at radius 3 is 2.59 bits per heavy atom. The first-order valence-electron chi connectivity index (χ1n) is 11.4. The van der Waals surface area contributed by atoms with Crippen LogP contribution in [0.5, 0.6) is 5.75 Å². The van der Waals surface area contributed by atoms with E-state index in [0.29, 0.717) is 11.1 Å². The minimum absolute atomic E-state index is 0.0930. The lowest BCUT2D eigenvalue weighted by molar-refractivity contribution is -0.137. The van der Waals surface area contributed by atoms with Crippen molar-refractivity contribution in [2.24, 2.45) is 0 Å². The van der Waals surface area contributed by atoms with E-state index in [2.05, 4.69) is 0 Å². The predicted molar refractivity (Wildman–Crippen MR) is 138 cm³/mol. The zero-order chi connectivity index (χ0) is 26.9. The number of carbonyl (C=O) groups is 1. The number of sulfonamides is 1. The monoisotopic (exact) mass is 547 g/mol. The van der Waals surface area contributed by atoms with Gasteiger partial charge in [0, 0.05) is 12.0 Å². The summed E-state index contributed by atoms with van der Waals surface area (Å²) < 4.78 is 62.7. The smallest absolute Gasteiger partial charge is 0.303 e. The standard InChI is InChI=1S/C27H24ClF2NO5S/c1-16-13-20(8-9-22(16)29)37(34,35)31-15-19(7-11-26(32)33)36-25-10-6-18(14-24(25)31)12-17(2)27-21(28)4-3-5-23(27)30/h3-6,8-10,12-14,19H,7,11,15H2,1-2H3,(H,32,33)/b17-12+/t19-/m0/s1. The molecule has 0 amide bonds. The first-order valence-corrected chi connectivity index (χ1v) is 13.2. The maximum atomic E-state index is 14.4. The molecule has 0 saturated carbocycles. The van der Waals surface area contributed by atoms with Crippen molar-refractivity contribution in [3.8, 4) is 5.75 Å². The molecule has 3 aromatic rings. The van der Waals surface area contributed by atoms with E-state index in [4.69, 9.17) is 21.4 Å². The molecule has 10 heteroatoms. The third kappa shape index (κ3) is 5.62. The van der Waals surface area contributed by atoms with Crippen molar-refractivity contribution in [1.82, 2.24) is 0 Å². The van der Waals surface area contributed by atoms with Crippen LogP contribution in [0.25, 0.3) is 11.6 Å². The van der Waals surface area contributed by atoms with E-state index >= 15 is 0 Å². The Bertz CT molecular complexity index is 1490.